The fourth-order valence-electron chi connectivity index (χ4n) is 4.68. The lowest BCUT2D eigenvalue weighted by atomic mass is 10.0. The van der Waals surface area contributed by atoms with Gasteiger partial charge in [-0.3, -0.25) is 4.79 Å². The molecule has 1 fully saturated rings. The van der Waals surface area contributed by atoms with Gasteiger partial charge >= 0.3 is 18.3 Å². The summed E-state index contributed by atoms with van der Waals surface area (Å²) in [5, 5.41) is 2.01. The first kappa shape index (κ1) is 35.8. The zero-order valence-corrected chi connectivity index (χ0v) is 27.3. The zero-order chi connectivity index (χ0) is 35.6. The molecular weight excluding hydrogens is 674 g/mol. The van der Waals surface area contributed by atoms with Crippen molar-refractivity contribution in [1.82, 2.24) is 9.97 Å². The molecule has 4 aromatic rings. The van der Waals surface area contributed by atoms with Gasteiger partial charge in [-0.15, -0.1) is 4.36 Å². The molecule has 0 saturated heterocycles. The molecule has 49 heavy (non-hydrogen) atoms. The van der Waals surface area contributed by atoms with Crippen LogP contribution in [0.5, 0.6) is 5.88 Å². The van der Waals surface area contributed by atoms with E-state index in [4.69, 9.17) is 9.47 Å². The summed E-state index contributed by atoms with van der Waals surface area (Å²) in [6.07, 6.45) is -10.4. The maximum Gasteiger partial charge on any atom is 0.474 e. The summed E-state index contributed by atoms with van der Waals surface area (Å²) in [5.41, 5.74) is 3.03. The molecule has 1 amide bonds. The Balaban J connectivity index is 1.28. The SMILES string of the molecule is Cc1ccc(-c2cccc(CO[C@H](C)[C@@H](C)Oc3nc(Nc4ccc([S@@](=O)(=NC(=O)C(F)(F)F)C5CC5)cc4)ncc3C(F)(F)F)c2)cc1. The third-order valence-electron chi connectivity index (χ3n) is 7.73. The van der Waals surface area contributed by atoms with Crippen LogP contribution in [0.15, 0.2) is 88.3 Å². The van der Waals surface area contributed by atoms with Crippen LogP contribution in [0.4, 0.5) is 38.0 Å². The van der Waals surface area contributed by atoms with Crippen LogP contribution in [0.2, 0.25) is 0 Å². The Morgan fingerprint density at radius 2 is 1.63 bits per heavy atom. The maximum absolute atomic E-state index is 13.9. The number of anilines is 2. The standard InChI is InChI=1S/C34H32F6N4O4S/c1-20-7-9-24(10-8-20)25-6-4-5-23(17-25)19-47-21(2)22(3)48-30-29(33(35,36)37)18-41-32(43-30)42-26-11-13-27(14-12-26)49(46,28-15-16-28)44-31(45)34(38,39)40/h4-14,17-18,21-22,28H,15-16,19H2,1-3H3,(H,41,42,43)/t21-,22-,49+/m1/s1. The average Bonchev–Trinajstić information content (AvgIpc) is 3.90. The largest absolute Gasteiger partial charge is 0.474 e. The number of alkyl halides is 6. The van der Waals surface area contributed by atoms with Crippen molar-refractivity contribution in [3.63, 3.8) is 0 Å². The number of ether oxygens (including phenoxy) is 2. The van der Waals surface area contributed by atoms with Crippen LogP contribution in [0.25, 0.3) is 11.1 Å². The van der Waals surface area contributed by atoms with E-state index in [-0.39, 0.29) is 23.1 Å². The summed E-state index contributed by atoms with van der Waals surface area (Å²) in [7, 11) is -3.70. The second-order valence-corrected chi connectivity index (χ2v) is 14.1. The van der Waals surface area contributed by atoms with E-state index in [1.165, 1.54) is 24.3 Å². The van der Waals surface area contributed by atoms with Gasteiger partial charge in [-0.05, 0) is 80.6 Å². The first-order valence-corrected chi connectivity index (χ1v) is 16.7. The molecule has 8 nitrogen and oxygen atoms in total. The summed E-state index contributed by atoms with van der Waals surface area (Å²) in [5.74, 6) is -3.45. The van der Waals surface area contributed by atoms with Crippen molar-refractivity contribution < 1.29 is 44.8 Å². The number of carbonyl (C=O) groups is 1. The van der Waals surface area contributed by atoms with E-state index in [9.17, 15) is 35.3 Å². The van der Waals surface area contributed by atoms with Crippen LogP contribution in [0, 0.1) is 6.92 Å². The minimum absolute atomic E-state index is 0.0831. The molecule has 15 heteroatoms. The molecule has 0 aliphatic heterocycles. The highest BCUT2D eigenvalue weighted by atomic mass is 32.2. The number of rotatable bonds is 11. The van der Waals surface area contributed by atoms with E-state index >= 15 is 0 Å². The van der Waals surface area contributed by atoms with E-state index in [0.717, 1.165) is 22.3 Å². The van der Waals surface area contributed by atoms with Crippen molar-refractivity contribution in [1.29, 1.82) is 0 Å². The third kappa shape index (κ3) is 8.95. The molecule has 1 N–H and O–H groups in total. The van der Waals surface area contributed by atoms with E-state index < -0.39 is 56.9 Å². The summed E-state index contributed by atoms with van der Waals surface area (Å²) in [6.45, 7) is 5.39. The number of aryl methyl sites for hydroxylation is 1. The van der Waals surface area contributed by atoms with Gasteiger partial charge in [0.1, 0.15) is 11.7 Å². The highest BCUT2D eigenvalue weighted by molar-refractivity contribution is 7.94. The molecule has 5 rings (SSSR count). The average molecular weight is 707 g/mol. The van der Waals surface area contributed by atoms with Crippen LogP contribution in [-0.4, -0.2) is 43.7 Å². The molecule has 260 valence electrons. The molecular formula is C34H32F6N4O4S. The lowest BCUT2D eigenvalue weighted by molar-refractivity contribution is -0.169. The summed E-state index contributed by atoms with van der Waals surface area (Å²) in [4.78, 5) is 19.1. The molecule has 1 aliphatic rings. The lowest BCUT2D eigenvalue weighted by Crippen LogP contribution is -2.30. The van der Waals surface area contributed by atoms with Crippen molar-refractivity contribution in [2.24, 2.45) is 4.36 Å². The van der Waals surface area contributed by atoms with Crippen LogP contribution in [-0.2, 0) is 32.0 Å². The Morgan fingerprint density at radius 1 is 0.959 bits per heavy atom. The number of amides is 1. The Hall–Kier alpha value is -4.50. The van der Waals surface area contributed by atoms with Gasteiger partial charge in [-0.1, -0.05) is 48.0 Å². The highest BCUT2D eigenvalue weighted by Gasteiger charge is 2.43. The van der Waals surface area contributed by atoms with Gasteiger partial charge in [-0.25, -0.2) is 9.19 Å². The molecule has 0 spiro atoms. The Bertz CT molecular complexity index is 1920. The number of aromatic nitrogens is 2. The smallest absolute Gasteiger partial charge is 0.471 e. The first-order valence-electron chi connectivity index (χ1n) is 15.2. The number of halogens is 6. The number of hydrogen-bond donors (Lipinski definition) is 1. The molecule has 3 atom stereocenters. The van der Waals surface area contributed by atoms with Crippen LogP contribution >= 0.6 is 0 Å². The number of nitrogens with one attached hydrogen (secondary N) is 1. The van der Waals surface area contributed by atoms with Gasteiger partial charge in [0.05, 0.1) is 22.4 Å². The molecule has 1 saturated carbocycles. The van der Waals surface area contributed by atoms with Gasteiger partial charge < -0.3 is 14.8 Å². The first-order chi connectivity index (χ1) is 23.0. The molecule has 1 aliphatic carbocycles. The minimum atomic E-state index is -5.27. The molecule has 1 aromatic heterocycles. The predicted molar refractivity (Wildman–Crippen MR) is 171 cm³/mol. The number of carbonyl (C=O) groups excluding carboxylic acids is 1. The van der Waals surface area contributed by atoms with Gasteiger partial charge in [0.25, 0.3) is 0 Å². The van der Waals surface area contributed by atoms with Gasteiger partial charge in [-0.2, -0.15) is 31.3 Å². The maximum atomic E-state index is 13.9. The Kier molecular flexibility index (Phi) is 10.3. The Morgan fingerprint density at radius 3 is 2.24 bits per heavy atom. The number of benzene rings is 3. The van der Waals surface area contributed by atoms with Crippen molar-refractivity contribution in [3.8, 4) is 17.0 Å². The summed E-state index contributed by atoms with van der Waals surface area (Å²) >= 11 is 0. The molecule has 0 radical (unpaired) electrons. The molecule has 1 heterocycles. The summed E-state index contributed by atoms with van der Waals surface area (Å²) in [6, 6.07) is 20.9. The van der Waals surface area contributed by atoms with Crippen molar-refractivity contribution in [3.05, 3.63) is 95.7 Å². The summed E-state index contributed by atoms with van der Waals surface area (Å²) < 4.78 is 108. The second kappa shape index (κ2) is 14.2. The van der Waals surface area contributed by atoms with Gasteiger partial charge in [0.2, 0.25) is 11.8 Å². The van der Waals surface area contributed by atoms with E-state index in [0.29, 0.717) is 19.0 Å². The van der Waals surface area contributed by atoms with E-state index in [2.05, 4.69) is 19.6 Å². The quantitative estimate of drug-likeness (QED) is 0.156. The monoisotopic (exact) mass is 706 g/mol. The van der Waals surface area contributed by atoms with E-state index in [1.54, 1.807) is 13.8 Å². The van der Waals surface area contributed by atoms with Crippen LogP contribution in [0.3, 0.4) is 0 Å². The fraction of sp³-hybridized carbons (Fsp3) is 0.324. The van der Waals surface area contributed by atoms with Gasteiger partial charge in [0, 0.05) is 22.0 Å². The van der Waals surface area contributed by atoms with Gasteiger partial charge in [0.15, 0.2) is 0 Å². The normalized spacial score (nSPS) is 15.9. The second-order valence-electron chi connectivity index (χ2n) is 11.6. The lowest BCUT2D eigenvalue weighted by Gasteiger charge is -2.23. The zero-order valence-electron chi connectivity index (χ0n) is 26.5. The molecule has 0 bridgehead atoms. The van der Waals surface area contributed by atoms with Crippen molar-refractivity contribution in [2.45, 2.75) is 74.9 Å². The molecule has 0 unspecified atom stereocenters. The van der Waals surface area contributed by atoms with Crippen LogP contribution < -0.4 is 10.1 Å². The predicted octanol–water partition coefficient (Wildman–Crippen LogP) is 8.67. The van der Waals surface area contributed by atoms with E-state index in [1.807, 2.05) is 55.5 Å². The third-order valence-corrected chi connectivity index (χ3v) is 10.5. The Labute approximate surface area is 279 Å². The fourth-order valence-corrected chi connectivity index (χ4v) is 6.97. The minimum Gasteiger partial charge on any atom is -0.471 e. The van der Waals surface area contributed by atoms with Crippen LogP contribution in [0.1, 0.15) is 43.4 Å². The number of hydrogen-bond acceptors (Lipinski definition) is 7. The van der Waals surface area contributed by atoms with Crippen molar-refractivity contribution in [2.75, 3.05) is 5.32 Å². The number of nitrogens with zero attached hydrogens (tertiary/aromatic N) is 3. The van der Waals surface area contributed by atoms with Crippen molar-refractivity contribution >= 4 is 27.3 Å². The molecule has 3 aromatic carbocycles. The highest BCUT2D eigenvalue weighted by Crippen LogP contribution is 2.38. The topological polar surface area (TPSA) is 103 Å².